The summed E-state index contributed by atoms with van der Waals surface area (Å²) in [5.41, 5.74) is -0.672. The molecule has 0 spiro atoms. The molecule has 1 aromatic carbocycles. The molecule has 23 heavy (non-hydrogen) atoms. The molecule has 1 heterocycles. The van der Waals surface area contributed by atoms with Gasteiger partial charge in [-0.1, -0.05) is 11.8 Å². The van der Waals surface area contributed by atoms with Gasteiger partial charge >= 0.3 is 0 Å². The summed E-state index contributed by atoms with van der Waals surface area (Å²) in [5, 5.41) is 12.9. The number of nitro groups is 1. The van der Waals surface area contributed by atoms with Gasteiger partial charge in [0.25, 0.3) is 5.69 Å². The van der Waals surface area contributed by atoms with Crippen molar-refractivity contribution in [3.8, 4) is 0 Å². The lowest BCUT2D eigenvalue weighted by Crippen LogP contribution is -2.16. The van der Waals surface area contributed by atoms with E-state index in [-0.39, 0.29) is 11.4 Å². The quantitative estimate of drug-likeness (QED) is 0.390. The number of thioether (sulfide) groups is 1. The fraction of sp³-hybridized carbons (Fsp3) is 0.0769. The smallest absolute Gasteiger partial charge is 0.287 e. The molecule has 1 aromatic heterocycles. The van der Waals surface area contributed by atoms with Gasteiger partial charge in [-0.2, -0.15) is 0 Å². The molecule has 6 nitrogen and oxygen atoms in total. The lowest BCUT2D eigenvalue weighted by molar-refractivity contribution is -0.385. The summed E-state index contributed by atoms with van der Waals surface area (Å²) in [6.07, 6.45) is 1.04. The Hall–Kier alpha value is -2.62. The first-order valence-corrected chi connectivity index (χ1v) is 7.03. The number of benzene rings is 1. The number of hydrogen-bond acceptors (Lipinski definition) is 5. The van der Waals surface area contributed by atoms with Gasteiger partial charge in [0.2, 0.25) is 5.91 Å². The topological polar surface area (TPSA) is 85.1 Å². The standard InChI is InChI=1S/C13H8F3N3O3S/c14-8-2-3-9(13(16)12(8)15)18-10(20)6-23-11-4-1-7(5-17-11)19(21)22/h1-5H,6H2,(H,18,20). The van der Waals surface area contributed by atoms with E-state index in [0.717, 1.165) is 24.0 Å². The average molecular weight is 343 g/mol. The van der Waals surface area contributed by atoms with Crippen LogP contribution >= 0.6 is 11.8 Å². The van der Waals surface area contributed by atoms with Crippen LogP contribution in [0.5, 0.6) is 0 Å². The number of nitrogens with zero attached hydrogens (tertiary/aromatic N) is 2. The summed E-state index contributed by atoms with van der Waals surface area (Å²) in [6.45, 7) is 0. The van der Waals surface area contributed by atoms with Gasteiger partial charge in [0.15, 0.2) is 17.5 Å². The molecular weight excluding hydrogens is 335 g/mol. The third kappa shape index (κ3) is 4.19. The van der Waals surface area contributed by atoms with Crippen LogP contribution in [-0.2, 0) is 4.79 Å². The predicted molar refractivity (Wildman–Crippen MR) is 76.6 cm³/mol. The summed E-state index contributed by atoms with van der Waals surface area (Å²) in [7, 11) is 0. The number of anilines is 1. The number of carbonyl (C=O) groups excluding carboxylic acids is 1. The fourth-order valence-electron chi connectivity index (χ4n) is 1.51. The van der Waals surface area contributed by atoms with Crippen molar-refractivity contribution < 1.29 is 22.9 Å². The molecule has 1 amide bonds. The molecule has 0 fully saturated rings. The van der Waals surface area contributed by atoms with E-state index in [1.54, 1.807) is 0 Å². The lowest BCUT2D eigenvalue weighted by Gasteiger charge is -2.07. The van der Waals surface area contributed by atoms with Crippen LogP contribution in [0.1, 0.15) is 0 Å². The van der Waals surface area contributed by atoms with E-state index < -0.39 is 34.0 Å². The van der Waals surface area contributed by atoms with E-state index in [2.05, 4.69) is 10.3 Å². The van der Waals surface area contributed by atoms with Crippen molar-refractivity contribution in [1.29, 1.82) is 0 Å². The minimum Gasteiger partial charge on any atom is -0.323 e. The average Bonchev–Trinajstić information content (AvgIpc) is 2.54. The maximum absolute atomic E-state index is 13.4. The number of rotatable bonds is 5. The summed E-state index contributed by atoms with van der Waals surface area (Å²) >= 11 is 0.945. The largest absolute Gasteiger partial charge is 0.323 e. The van der Waals surface area contributed by atoms with Gasteiger partial charge in [0, 0.05) is 6.07 Å². The monoisotopic (exact) mass is 343 g/mol. The summed E-state index contributed by atoms with van der Waals surface area (Å²) in [6, 6.07) is 4.18. The normalized spacial score (nSPS) is 10.4. The van der Waals surface area contributed by atoms with Gasteiger partial charge < -0.3 is 5.32 Å². The van der Waals surface area contributed by atoms with Crippen LogP contribution in [0.4, 0.5) is 24.5 Å². The van der Waals surface area contributed by atoms with Gasteiger partial charge in [-0.15, -0.1) is 0 Å². The number of amides is 1. The third-order valence-corrected chi connectivity index (χ3v) is 3.54. The predicted octanol–water partition coefficient (Wildman–Crippen LogP) is 3.14. The molecule has 2 aromatic rings. The molecule has 2 rings (SSSR count). The molecule has 10 heteroatoms. The van der Waals surface area contributed by atoms with E-state index in [1.165, 1.54) is 12.1 Å². The summed E-state index contributed by atoms with van der Waals surface area (Å²) in [4.78, 5) is 25.3. The van der Waals surface area contributed by atoms with Gasteiger partial charge in [0.05, 0.1) is 21.4 Å². The van der Waals surface area contributed by atoms with Crippen LogP contribution in [-0.4, -0.2) is 21.6 Å². The van der Waals surface area contributed by atoms with Crippen molar-refractivity contribution in [2.75, 3.05) is 11.1 Å². The Bertz CT molecular complexity index is 756. The number of hydrogen-bond donors (Lipinski definition) is 1. The summed E-state index contributed by atoms with van der Waals surface area (Å²) < 4.78 is 39.2. The van der Waals surface area contributed by atoms with Gasteiger partial charge in [-0.05, 0) is 18.2 Å². The molecule has 1 N–H and O–H groups in total. The van der Waals surface area contributed by atoms with E-state index >= 15 is 0 Å². The Morgan fingerprint density at radius 3 is 2.57 bits per heavy atom. The molecule has 0 radical (unpaired) electrons. The molecule has 0 atom stereocenters. The van der Waals surface area contributed by atoms with Gasteiger partial charge in [0.1, 0.15) is 6.20 Å². The Morgan fingerprint density at radius 2 is 1.96 bits per heavy atom. The number of aromatic nitrogens is 1. The second-order valence-electron chi connectivity index (χ2n) is 4.17. The highest BCUT2D eigenvalue weighted by molar-refractivity contribution is 7.99. The number of nitrogens with one attached hydrogen (secondary N) is 1. The zero-order chi connectivity index (χ0) is 17.0. The minimum atomic E-state index is -1.67. The molecule has 0 saturated carbocycles. The van der Waals surface area contributed by atoms with Crippen LogP contribution in [0, 0.1) is 27.6 Å². The SMILES string of the molecule is O=C(CSc1ccc([N+](=O)[O-])cn1)Nc1ccc(F)c(F)c1F. The molecule has 0 aliphatic carbocycles. The highest BCUT2D eigenvalue weighted by Gasteiger charge is 2.15. The first kappa shape index (κ1) is 16.7. The van der Waals surface area contributed by atoms with E-state index in [9.17, 15) is 28.1 Å². The van der Waals surface area contributed by atoms with Crippen LogP contribution in [0.25, 0.3) is 0 Å². The second kappa shape index (κ2) is 7.09. The molecular formula is C13H8F3N3O3S. The van der Waals surface area contributed by atoms with Crippen LogP contribution in [0.3, 0.4) is 0 Å². The first-order valence-electron chi connectivity index (χ1n) is 6.05. The van der Waals surface area contributed by atoms with Crippen molar-refractivity contribution in [2.24, 2.45) is 0 Å². The number of pyridine rings is 1. The highest BCUT2D eigenvalue weighted by Crippen LogP contribution is 2.21. The molecule has 0 aliphatic rings. The number of carbonyl (C=O) groups is 1. The molecule has 0 saturated heterocycles. The third-order valence-electron chi connectivity index (χ3n) is 2.59. The Morgan fingerprint density at radius 1 is 1.22 bits per heavy atom. The van der Waals surface area contributed by atoms with E-state index in [0.29, 0.717) is 11.1 Å². The van der Waals surface area contributed by atoms with Crippen molar-refractivity contribution >= 4 is 29.0 Å². The lowest BCUT2D eigenvalue weighted by atomic mass is 10.3. The zero-order valence-corrected chi connectivity index (χ0v) is 12.1. The van der Waals surface area contributed by atoms with Crippen molar-refractivity contribution in [3.63, 3.8) is 0 Å². The van der Waals surface area contributed by atoms with Crippen molar-refractivity contribution in [3.05, 3.63) is 58.0 Å². The van der Waals surface area contributed by atoms with Crippen molar-refractivity contribution in [1.82, 2.24) is 4.98 Å². The first-order chi connectivity index (χ1) is 10.9. The fourth-order valence-corrected chi connectivity index (χ4v) is 2.16. The zero-order valence-electron chi connectivity index (χ0n) is 11.3. The number of halogens is 3. The minimum absolute atomic E-state index is 0.191. The molecule has 0 unspecified atom stereocenters. The Labute approximate surface area is 131 Å². The van der Waals surface area contributed by atoms with Crippen LogP contribution in [0.15, 0.2) is 35.5 Å². The van der Waals surface area contributed by atoms with Crippen LogP contribution < -0.4 is 5.32 Å². The van der Waals surface area contributed by atoms with E-state index in [1.807, 2.05) is 0 Å². The van der Waals surface area contributed by atoms with Gasteiger partial charge in [-0.3, -0.25) is 14.9 Å². The van der Waals surface area contributed by atoms with E-state index in [4.69, 9.17) is 0 Å². The van der Waals surface area contributed by atoms with Crippen molar-refractivity contribution in [2.45, 2.75) is 5.03 Å². The maximum atomic E-state index is 13.4. The van der Waals surface area contributed by atoms with Gasteiger partial charge in [-0.25, -0.2) is 18.2 Å². The van der Waals surface area contributed by atoms with Crippen LogP contribution in [0.2, 0.25) is 0 Å². The molecule has 0 aliphatic heterocycles. The second-order valence-corrected chi connectivity index (χ2v) is 5.17. The highest BCUT2D eigenvalue weighted by atomic mass is 32.2. The Balaban J connectivity index is 1.95. The Kier molecular flexibility index (Phi) is 5.16. The molecule has 120 valence electrons. The molecule has 0 bridgehead atoms. The summed E-state index contributed by atoms with van der Waals surface area (Å²) in [5.74, 6) is -5.38. The maximum Gasteiger partial charge on any atom is 0.287 e.